The van der Waals surface area contributed by atoms with Gasteiger partial charge in [0, 0.05) is 12.1 Å². The lowest BCUT2D eigenvalue weighted by molar-refractivity contribution is 0.0834. The molecule has 0 amide bonds. The zero-order valence-electron chi connectivity index (χ0n) is 10.9. The highest BCUT2D eigenvalue weighted by Crippen LogP contribution is 2.14. The molecule has 0 unspecified atom stereocenters. The van der Waals surface area contributed by atoms with E-state index in [4.69, 9.17) is 9.84 Å². The molecule has 0 saturated heterocycles. The number of sulfonamides is 1. The van der Waals surface area contributed by atoms with Gasteiger partial charge >= 0.3 is 0 Å². The Morgan fingerprint density at radius 3 is 2.68 bits per heavy atom. The number of nitrogens with one attached hydrogen (secondary N) is 1. The molecule has 0 bridgehead atoms. The maximum Gasteiger partial charge on any atom is 0.240 e. The van der Waals surface area contributed by atoms with Crippen molar-refractivity contribution in [2.75, 3.05) is 13.2 Å². The quantitative estimate of drug-likeness (QED) is 0.736. The van der Waals surface area contributed by atoms with Gasteiger partial charge in [0.1, 0.15) is 5.82 Å². The second-order valence-corrected chi connectivity index (χ2v) is 6.00. The van der Waals surface area contributed by atoms with Gasteiger partial charge in [-0.15, -0.1) is 0 Å². The summed E-state index contributed by atoms with van der Waals surface area (Å²) in [5, 5.41) is 8.91. The summed E-state index contributed by atoms with van der Waals surface area (Å²) in [6, 6.07) is 3.28. The van der Waals surface area contributed by atoms with Crippen LogP contribution in [0.1, 0.15) is 19.4 Å². The minimum Gasteiger partial charge on any atom is -0.392 e. The molecule has 0 atom stereocenters. The predicted octanol–water partition coefficient (Wildman–Crippen LogP) is 1.02. The molecule has 1 rings (SSSR count). The van der Waals surface area contributed by atoms with E-state index in [1.54, 1.807) is 0 Å². The van der Waals surface area contributed by atoms with Crippen LogP contribution >= 0.6 is 0 Å². The Morgan fingerprint density at radius 1 is 1.42 bits per heavy atom. The standard InChI is InChI=1S/C12H18FNO4S/c1-9(2)18-6-5-14-19(16,17)11-3-4-12(13)10(7-11)8-15/h3-4,7,9,14-15H,5-6,8H2,1-2H3. The zero-order chi connectivity index (χ0) is 14.5. The summed E-state index contributed by atoms with van der Waals surface area (Å²) in [6.07, 6.45) is 0.0244. The summed E-state index contributed by atoms with van der Waals surface area (Å²) >= 11 is 0. The predicted molar refractivity (Wildman–Crippen MR) is 68.6 cm³/mol. The molecule has 0 radical (unpaired) electrons. The van der Waals surface area contributed by atoms with E-state index in [0.29, 0.717) is 0 Å². The largest absolute Gasteiger partial charge is 0.392 e. The number of rotatable bonds is 7. The molecule has 1 aromatic rings. The third kappa shape index (κ3) is 4.87. The van der Waals surface area contributed by atoms with Crippen molar-refractivity contribution < 1.29 is 22.7 Å². The second-order valence-electron chi connectivity index (χ2n) is 4.23. The Bertz CT molecular complexity index is 516. The van der Waals surface area contributed by atoms with Crippen LogP contribution in [0.3, 0.4) is 0 Å². The number of hydrogen-bond acceptors (Lipinski definition) is 4. The summed E-state index contributed by atoms with van der Waals surface area (Å²) < 4.78 is 44.5. The molecule has 2 N–H and O–H groups in total. The zero-order valence-corrected chi connectivity index (χ0v) is 11.7. The van der Waals surface area contributed by atoms with Crippen LogP contribution in [0.15, 0.2) is 23.1 Å². The van der Waals surface area contributed by atoms with Gasteiger partial charge in [0.05, 0.1) is 24.2 Å². The first-order chi connectivity index (χ1) is 8.86. The van der Waals surface area contributed by atoms with Crippen LogP contribution in [0, 0.1) is 5.82 Å². The molecule has 0 saturated carbocycles. The van der Waals surface area contributed by atoms with Crippen LogP contribution in [0.5, 0.6) is 0 Å². The Kier molecular flexibility index (Phi) is 5.86. The number of ether oxygens (including phenoxy) is 1. The summed E-state index contributed by atoms with van der Waals surface area (Å²) in [4.78, 5) is -0.0810. The fourth-order valence-corrected chi connectivity index (χ4v) is 2.46. The lowest BCUT2D eigenvalue weighted by atomic mass is 10.2. The average Bonchev–Trinajstić information content (AvgIpc) is 2.35. The molecule has 7 heteroatoms. The molecule has 1 aromatic carbocycles. The Labute approximate surface area is 112 Å². The number of halogens is 1. The second kappa shape index (κ2) is 6.95. The summed E-state index contributed by atoms with van der Waals surface area (Å²) in [6.45, 7) is 3.53. The molecule has 19 heavy (non-hydrogen) atoms. The highest BCUT2D eigenvalue weighted by Gasteiger charge is 2.15. The average molecular weight is 291 g/mol. The van der Waals surface area contributed by atoms with E-state index in [2.05, 4.69) is 4.72 Å². The molecule has 0 aliphatic carbocycles. The third-order valence-corrected chi connectivity index (χ3v) is 3.80. The van der Waals surface area contributed by atoms with Gasteiger partial charge in [0.15, 0.2) is 0 Å². The van der Waals surface area contributed by atoms with E-state index in [1.807, 2.05) is 13.8 Å². The number of aliphatic hydroxyl groups is 1. The Balaban J connectivity index is 2.72. The van der Waals surface area contributed by atoms with Gasteiger partial charge in [-0.3, -0.25) is 0 Å². The lowest BCUT2D eigenvalue weighted by Gasteiger charge is -2.10. The van der Waals surface area contributed by atoms with Crippen molar-refractivity contribution in [1.82, 2.24) is 4.72 Å². The van der Waals surface area contributed by atoms with Gasteiger partial charge in [-0.25, -0.2) is 17.5 Å². The fourth-order valence-electron chi connectivity index (χ4n) is 1.39. The van der Waals surface area contributed by atoms with Crippen LogP contribution < -0.4 is 4.72 Å². The van der Waals surface area contributed by atoms with Crippen LogP contribution in [-0.2, 0) is 21.4 Å². The van der Waals surface area contributed by atoms with E-state index in [1.165, 1.54) is 0 Å². The van der Waals surface area contributed by atoms with Crippen molar-refractivity contribution in [3.63, 3.8) is 0 Å². The summed E-state index contributed by atoms with van der Waals surface area (Å²) in [5.74, 6) is -0.635. The number of hydrogen-bond donors (Lipinski definition) is 2. The molecule has 108 valence electrons. The highest BCUT2D eigenvalue weighted by molar-refractivity contribution is 7.89. The minimum absolute atomic E-state index is 0.0244. The Hall–Kier alpha value is -1.02. The van der Waals surface area contributed by atoms with E-state index in [-0.39, 0.29) is 29.7 Å². The van der Waals surface area contributed by atoms with E-state index in [9.17, 15) is 12.8 Å². The summed E-state index contributed by atoms with van der Waals surface area (Å²) in [5.41, 5.74) is -0.0543. The Morgan fingerprint density at radius 2 is 2.11 bits per heavy atom. The van der Waals surface area contributed by atoms with E-state index >= 15 is 0 Å². The van der Waals surface area contributed by atoms with Gasteiger partial charge < -0.3 is 9.84 Å². The van der Waals surface area contributed by atoms with Crippen molar-refractivity contribution in [3.8, 4) is 0 Å². The first-order valence-corrected chi connectivity index (χ1v) is 7.35. The fraction of sp³-hybridized carbons (Fsp3) is 0.500. The lowest BCUT2D eigenvalue weighted by Crippen LogP contribution is -2.28. The molecule has 0 aliphatic rings. The van der Waals surface area contributed by atoms with Gasteiger partial charge in [0.2, 0.25) is 10.0 Å². The van der Waals surface area contributed by atoms with Gasteiger partial charge in [0.25, 0.3) is 0 Å². The van der Waals surface area contributed by atoms with Crippen LogP contribution in [0.4, 0.5) is 4.39 Å². The first kappa shape index (κ1) is 16.0. The van der Waals surface area contributed by atoms with E-state index in [0.717, 1.165) is 18.2 Å². The third-order valence-electron chi connectivity index (χ3n) is 2.34. The summed E-state index contributed by atoms with van der Waals surface area (Å²) in [7, 11) is -3.72. The smallest absolute Gasteiger partial charge is 0.240 e. The van der Waals surface area contributed by atoms with E-state index < -0.39 is 22.4 Å². The normalized spacial score (nSPS) is 12.1. The number of aliphatic hydroxyl groups excluding tert-OH is 1. The van der Waals surface area contributed by atoms with Crippen molar-refractivity contribution in [3.05, 3.63) is 29.6 Å². The molecule has 0 spiro atoms. The van der Waals surface area contributed by atoms with Gasteiger partial charge in [-0.2, -0.15) is 0 Å². The monoisotopic (exact) mass is 291 g/mol. The highest BCUT2D eigenvalue weighted by atomic mass is 32.2. The topological polar surface area (TPSA) is 75.6 Å². The number of benzene rings is 1. The maximum absolute atomic E-state index is 13.2. The molecule has 0 aromatic heterocycles. The molecule has 0 aliphatic heterocycles. The van der Waals surface area contributed by atoms with Gasteiger partial charge in [-0.1, -0.05) is 0 Å². The SMILES string of the molecule is CC(C)OCCNS(=O)(=O)c1ccc(F)c(CO)c1. The maximum atomic E-state index is 13.2. The molecular formula is C12H18FNO4S. The van der Waals surface area contributed by atoms with Gasteiger partial charge in [-0.05, 0) is 32.0 Å². The van der Waals surface area contributed by atoms with Crippen LogP contribution in [0.25, 0.3) is 0 Å². The molecular weight excluding hydrogens is 273 g/mol. The van der Waals surface area contributed by atoms with Crippen molar-refractivity contribution in [2.45, 2.75) is 31.5 Å². The van der Waals surface area contributed by atoms with Crippen molar-refractivity contribution in [1.29, 1.82) is 0 Å². The van der Waals surface area contributed by atoms with Crippen LogP contribution in [-0.4, -0.2) is 32.8 Å². The molecule has 0 fully saturated rings. The van der Waals surface area contributed by atoms with Crippen molar-refractivity contribution in [2.24, 2.45) is 0 Å². The van der Waals surface area contributed by atoms with Crippen LogP contribution in [0.2, 0.25) is 0 Å². The molecule has 5 nitrogen and oxygen atoms in total. The molecule has 0 heterocycles. The first-order valence-electron chi connectivity index (χ1n) is 5.87. The minimum atomic E-state index is -3.72. The van der Waals surface area contributed by atoms with Crippen molar-refractivity contribution >= 4 is 10.0 Å².